The zero-order chi connectivity index (χ0) is 19.1. The number of hydrogen-bond acceptors (Lipinski definition) is 5. The zero-order valence-corrected chi connectivity index (χ0v) is 14.4. The molecule has 0 radical (unpaired) electrons. The van der Waals surface area contributed by atoms with Crippen LogP contribution in [0.3, 0.4) is 0 Å². The monoisotopic (exact) mass is 387 g/mol. The largest absolute Gasteiger partial charge is 0.692 e. The number of carboxylic acids is 1. The van der Waals surface area contributed by atoms with Crippen molar-refractivity contribution in [1.82, 2.24) is 0 Å². The molecule has 0 saturated heterocycles. The van der Waals surface area contributed by atoms with Crippen molar-refractivity contribution in [1.29, 1.82) is 0 Å². The van der Waals surface area contributed by atoms with Crippen LogP contribution in [-0.2, 0) is 18.5 Å². The molecule has 15 heteroatoms. The molecule has 0 amide bonds. The minimum atomic E-state index is -3.91. The van der Waals surface area contributed by atoms with Gasteiger partial charge in [-0.05, 0) is 13.8 Å². The predicted octanol–water partition coefficient (Wildman–Crippen LogP) is -0.585. The molecule has 0 atom stereocenters. The van der Waals surface area contributed by atoms with Gasteiger partial charge in [0.25, 0.3) is 0 Å². The lowest BCUT2D eigenvalue weighted by Gasteiger charge is -2.18. The van der Waals surface area contributed by atoms with Crippen molar-refractivity contribution >= 4 is 30.1 Å². The Morgan fingerprint density at radius 1 is 1.18 bits per heavy atom. The van der Waals surface area contributed by atoms with Crippen LogP contribution < -0.4 is 5.73 Å². The van der Waals surface area contributed by atoms with Crippen LogP contribution >= 0.6 is 24.1 Å². The van der Waals surface area contributed by atoms with Crippen molar-refractivity contribution in [3.8, 4) is 0 Å². The molecule has 0 bridgehead atoms. The average molecular weight is 387 g/mol. The van der Waals surface area contributed by atoms with Gasteiger partial charge in [0.05, 0.1) is 6.16 Å². The second-order valence-electron chi connectivity index (χ2n) is 3.86. The van der Waals surface area contributed by atoms with Gasteiger partial charge < -0.3 is 20.6 Å². The second kappa shape index (κ2) is 15.3. The summed E-state index contributed by atoms with van der Waals surface area (Å²) in [5.41, 5.74) is 4.55. The molecule has 0 unspecified atom stereocenters. The molecule has 0 rings (SSSR count). The van der Waals surface area contributed by atoms with Gasteiger partial charge in [-0.3, -0.25) is 4.57 Å². The lowest BCUT2D eigenvalue weighted by Crippen LogP contribution is -2.35. The summed E-state index contributed by atoms with van der Waals surface area (Å²) in [5, 5.41) is 7.60. The Balaban J connectivity index is -0.000000107. The topological polar surface area (TPSA) is 236 Å². The van der Waals surface area contributed by atoms with Gasteiger partial charge in [0.2, 0.25) is 0 Å². The molecule has 0 saturated carbocycles. The normalized spacial score (nSPS) is 9.50. The number of carbonyl (C=O) groups is 1. The Hall–Kier alpha value is -0.640. The van der Waals surface area contributed by atoms with Crippen LogP contribution in [0.5, 0.6) is 0 Å². The molecule has 0 spiro atoms. The molecule has 0 fully saturated rings. The lowest BCUT2D eigenvalue weighted by molar-refractivity contribution is -0.131. The second-order valence-corrected chi connectivity index (χ2v) is 6.52. The van der Waals surface area contributed by atoms with Crippen molar-refractivity contribution in [2.24, 2.45) is 5.73 Å². The summed E-state index contributed by atoms with van der Waals surface area (Å²) in [6.07, 6.45) is 0.569. The fraction of sp³-hybridized carbons (Fsp3) is 0.571. The van der Waals surface area contributed by atoms with Gasteiger partial charge in [0.15, 0.2) is 0 Å². The number of carboxylic acid groups (broad SMARTS) is 1. The zero-order valence-electron chi connectivity index (χ0n) is 11.7. The molecule has 22 heavy (non-hydrogen) atoms. The Morgan fingerprint density at radius 3 is 1.36 bits per heavy atom. The van der Waals surface area contributed by atoms with Crippen molar-refractivity contribution in [2.75, 3.05) is 6.16 Å². The van der Waals surface area contributed by atoms with E-state index in [0.29, 0.717) is 0 Å². The highest BCUT2D eigenvalue weighted by atomic mass is 31.2. The van der Waals surface area contributed by atoms with Crippen molar-refractivity contribution in [3.05, 3.63) is 12.7 Å². The first-order chi connectivity index (χ1) is 9.44. The summed E-state index contributed by atoms with van der Waals surface area (Å²) in [6.45, 7) is 6.11. The van der Waals surface area contributed by atoms with E-state index < -0.39 is 35.6 Å². The molecular formula is C7H20NO11P3+2. The maximum absolute atomic E-state index is 10.3. The fourth-order valence-electron chi connectivity index (χ4n) is 0.531. The third-order valence-corrected chi connectivity index (χ3v) is 2.02. The Kier molecular flexibility index (Phi) is 20.4. The Bertz CT molecular complexity index is 379. The lowest BCUT2D eigenvalue weighted by atomic mass is 10.1. The van der Waals surface area contributed by atoms with Gasteiger partial charge in [-0.2, -0.15) is 0 Å². The summed E-state index contributed by atoms with van der Waals surface area (Å²) < 4.78 is 27.7. The summed E-state index contributed by atoms with van der Waals surface area (Å²) >= 11 is 0. The first-order valence-corrected chi connectivity index (χ1v) is 8.96. The van der Waals surface area contributed by atoms with Gasteiger partial charge in [0, 0.05) is 20.7 Å². The highest BCUT2D eigenvalue weighted by Gasteiger charge is 2.23. The summed E-state index contributed by atoms with van der Waals surface area (Å²) in [7, 11) is -9.65. The molecule has 0 aliphatic rings. The Morgan fingerprint density at radius 2 is 1.36 bits per heavy atom. The van der Waals surface area contributed by atoms with Gasteiger partial charge >= 0.3 is 30.1 Å². The maximum Gasteiger partial charge on any atom is 0.692 e. The minimum Gasteiger partial charge on any atom is -0.478 e. The first-order valence-electron chi connectivity index (χ1n) is 4.83. The van der Waals surface area contributed by atoms with Crippen LogP contribution in [0.4, 0.5) is 0 Å². The van der Waals surface area contributed by atoms with Gasteiger partial charge in [0.1, 0.15) is 0 Å². The molecule has 12 nitrogen and oxygen atoms in total. The van der Waals surface area contributed by atoms with Crippen LogP contribution in [0.15, 0.2) is 12.7 Å². The molecule has 0 aromatic carbocycles. The SMILES string of the molecule is C=CC(=O)O.CC(C)(N)CP(=O)(O)O.O=[P+](O)O.O=[P+](O)O. The predicted molar refractivity (Wildman–Crippen MR) is 77.1 cm³/mol. The molecule has 0 aromatic heterocycles. The van der Waals surface area contributed by atoms with Crippen LogP contribution in [0.1, 0.15) is 13.8 Å². The van der Waals surface area contributed by atoms with Crippen molar-refractivity contribution < 1.29 is 53.0 Å². The number of aliphatic carboxylic acids is 1. The van der Waals surface area contributed by atoms with E-state index in [2.05, 4.69) is 6.58 Å². The highest BCUT2D eigenvalue weighted by molar-refractivity contribution is 7.51. The summed E-state index contributed by atoms with van der Waals surface area (Å²) in [5.74, 6) is -0.981. The van der Waals surface area contributed by atoms with E-state index in [0.717, 1.165) is 6.08 Å². The van der Waals surface area contributed by atoms with Crippen LogP contribution in [0.25, 0.3) is 0 Å². The molecule has 9 N–H and O–H groups in total. The van der Waals surface area contributed by atoms with Gasteiger partial charge in [-0.25, -0.2) is 4.79 Å². The molecule has 0 aliphatic heterocycles. The van der Waals surface area contributed by atoms with E-state index >= 15 is 0 Å². The molecule has 0 heterocycles. The number of hydrogen-bond donors (Lipinski definition) is 8. The third kappa shape index (κ3) is 120. The quantitative estimate of drug-likeness (QED) is 0.224. The highest BCUT2D eigenvalue weighted by Crippen LogP contribution is 2.37. The van der Waals surface area contributed by atoms with E-state index in [1.54, 1.807) is 13.8 Å². The van der Waals surface area contributed by atoms with E-state index in [9.17, 15) is 9.36 Å². The average Bonchev–Trinajstić information content (AvgIpc) is 2.10. The van der Waals surface area contributed by atoms with Crippen molar-refractivity contribution in [2.45, 2.75) is 19.4 Å². The summed E-state index contributed by atoms with van der Waals surface area (Å²) in [6, 6.07) is 0. The number of rotatable bonds is 3. The fourth-order valence-corrected chi connectivity index (χ4v) is 1.59. The van der Waals surface area contributed by atoms with E-state index in [1.807, 2.05) is 0 Å². The van der Waals surface area contributed by atoms with Crippen LogP contribution in [0.2, 0.25) is 0 Å². The van der Waals surface area contributed by atoms with E-state index in [-0.39, 0.29) is 6.16 Å². The number of nitrogens with two attached hydrogens (primary N) is 1. The van der Waals surface area contributed by atoms with Crippen LogP contribution in [0, 0.1) is 0 Å². The molecule has 132 valence electrons. The van der Waals surface area contributed by atoms with Crippen LogP contribution in [-0.4, -0.2) is 52.1 Å². The van der Waals surface area contributed by atoms with E-state index in [4.69, 9.17) is 49.3 Å². The summed E-state index contributed by atoms with van der Waals surface area (Å²) in [4.78, 5) is 54.5. The molecule has 0 aliphatic carbocycles. The molecule has 0 aromatic rings. The maximum atomic E-state index is 10.3. The van der Waals surface area contributed by atoms with Gasteiger partial charge in [-0.15, -0.1) is 19.6 Å². The Labute approximate surface area is 128 Å². The molecular weight excluding hydrogens is 367 g/mol. The minimum absolute atomic E-state index is 0.264. The van der Waals surface area contributed by atoms with E-state index in [1.165, 1.54) is 0 Å². The smallest absolute Gasteiger partial charge is 0.478 e. The van der Waals surface area contributed by atoms with Crippen molar-refractivity contribution in [3.63, 3.8) is 0 Å². The first kappa shape index (κ1) is 29.4. The standard InChI is InChI=1S/C4H12NO3P.C3H4O2.2HO3P/c1-4(2,5)3-9(6,7)8;1-2-3(4)5;2*1-4(2)3/h3,5H2,1-2H3,(H2,6,7,8);2H,1H2,(H,4,5);2*(H-,1,2,3)/p+2. The van der Waals surface area contributed by atoms with Gasteiger partial charge in [-0.1, -0.05) is 6.58 Å². The third-order valence-electron chi connectivity index (χ3n) is 0.788.